The largest absolute Gasteiger partial charge is 0.400 e. The van der Waals surface area contributed by atoms with Crippen LogP contribution in [0.4, 0.5) is 0 Å². The van der Waals surface area contributed by atoms with Crippen LogP contribution in [-0.2, 0) is 6.54 Å². The SMILES string of the molecule is CO.C[N+](C)(C)Cc1ccccc1. The van der Waals surface area contributed by atoms with Gasteiger partial charge in [0.1, 0.15) is 6.54 Å². The maximum atomic E-state index is 7.00. The Hall–Kier alpha value is -0.860. The highest BCUT2D eigenvalue weighted by molar-refractivity contribution is 5.13. The second kappa shape index (κ2) is 5.73. The lowest BCUT2D eigenvalue weighted by atomic mass is 10.2. The minimum Gasteiger partial charge on any atom is -0.400 e. The molecule has 0 saturated carbocycles. The van der Waals surface area contributed by atoms with Gasteiger partial charge in [0.05, 0.1) is 21.1 Å². The van der Waals surface area contributed by atoms with E-state index in [4.69, 9.17) is 5.11 Å². The lowest BCUT2D eigenvalue weighted by Gasteiger charge is -2.23. The summed E-state index contributed by atoms with van der Waals surface area (Å²) in [6.07, 6.45) is 0. The van der Waals surface area contributed by atoms with Crippen LogP contribution in [0.1, 0.15) is 5.56 Å². The van der Waals surface area contributed by atoms with Crippen LogP contribution in [0, 0.1) is 0 Å². The zero-order valence-corrected chi connectivity index (χ0v) is 8.99. The minimum atomic E-state index is 0.990. The molecule has 0 unspecified atom stereocenters. The van der Waals surface area contributed by atoms with Crippen LogP contribution in [0.25, 0.3) is 0 Å². The van der Waals surface area contributed by atoms with Gasteiger partial charge in [0, 0.05) is 12.7 Å². The number of benzene rings is 1. The van der Waals surface area contributed by atoms with Crippen molar-refractivity contribution in [3.05, 3.63) is 35.9 Å². The van der Waals surface area contributed by atoms with Crippen molar-refractivity contribution in [2.45, 2.75) is 6.54 Å². The van der Waals surface area contributed by atoms with Crippen molar-refractivity contribution in [2.24, 2.45) is 0 Å². The fourth-order valence-corrected chi connectivity index (χ4v) is 1.13. The molecule has 1 aromatic rings. The van der Waals surface area contributed by atoms with E-state index < -0.39 is 0 Å². The van der Waals surface area contributed by atoms with Crippen molar-refractivity contribution >= 4 is 0 Å². The number of nitrogens with zero attached hydrogens (tertiary/aromatic N) is 1. The Bertz CT molecular complexity index is 213. The normalized spacial score (nSPS) is 10.2. The molecule has 13 heavy (non-hydrogen) atoms. The molecule has 0 spiro atoms. The molecule has 0 aromatic heterocycles. The first-order valence-corrected chi connectivity index (χ1v) is 4.37. The van der Waals surface area contributed by atoms with Gasteiger partial charge < -0.3 is 9.59 Å². The lowest BCUT2D eigenvalue weighted by Crippen LogP contribution is -2.33. The third-order valence-electron chi connectivity index (χ3n) is 1.50. The molecule has 2 heteroatoms. The van der Waals surface area contributed by atoms with Crippen molar-refractivity contribution in [1.82, 2.24) is 0 Å². The van der Waals surface area contributed by atoms with E-state index in [1.807, 2.05) is 0 Å². The molecule has 0 heterocycles. The molecular formula is C11H20NO+. The maximum absolute atomic E-state index is 7.00. The van der Waals surface area contributed by atoms with Gasteiger partial charge in [-0.3, -0.25) is 0 Å². The van der Waals surface area contributed by atoms with Crippen molar-refractivity contribution in [3.8, 4) is 0 Å². The quantitative estimate of drug-likeness (QED) is 0.687. The standard InChI is InChI=1S/C10H16N.CH4O/c1-11(2,3)9-10-7-5-4-6-8-10;1-2/h4-8H,9H2,1-3H3;2H,1H3/q+1;. The summed E-state index contributed by atoms with van der Waals surface area (Å²) >= 11 is 0. The summed E-state index contributed by atoms with van der Waals surface area (Å²) in [5.41, 5.74) is 1.40. The number of aliphatic hydroxyl groups excluding tert-OH is 1. The van der Waals surface area contributed by atoms with E-state index in [9.17, 15) is 0 Å². The second-order valence-electron chi connectivity index (χ2n) is 3.93. The smallest absolute Gasteiger partial charge is 0.104 e. The first-order valence-electron chi connectivity index (χ1n) is 4.37. The minimum absolute atomic E-state index is 0.990. The Morgan fingerprint density at radius 1 is 1.00 bits per heavy atom. The average molecular weight is 182 g/mol. The molecule has 0 amide bonds. The van der Waals surface area contributed by atoms with E-state index in [1.165, 1.54) is 5.56 Å². The average Bonchev–Trinajstić information content (AvgIpc) is 2.07. The second-order valence-corrected chi connectivity index (χ2v) is 3.93. The molecule has 0 atom stereocenters. The van der Waals surface area contributed by atoms with Crippen LogP contribution >= 0.6 is 0 Å². The molecule has 1 aromatic carbocycles. The highest BCUT2D eigenvalue weighted by atomic mass is 16.2. The van der Waals surface area contributed by atoms with Crippen LogP contribution in [0.2, 0.25) is 0 Å². The molecule has 74 valence electrons. The van der Waals surface area contributed by atoms with E-state index in [-0.39, 0.29) is 0 Å². The summed E-state index contributed by atoms with van der Waals surface area (Å²) in [6, 6.07) is 10.6. The zero-order chi connectivity index (χ0) is 10.3. The molecule has 0 radical (unpaired) electrons. The van der Waals surface area contributed by atoms with Crippen LogP contribution in [0.15, 0.2) is 30.3 Å². The summed E-state index contributed by atoms with van der Waals surface area (Å²) < 4.78 is 0.990. The summed E-state index contributed by atoms with van der Waals surface area (Å²) in [5.74, 6) is 0. The molecule has 0 aliphatic rings. The number of hydrogen-bond donors (Lipinski definition) is 1. The molecule has 0 aliphatic carbocycles. The highest BCUT2D eigenvalue weighted by Crippen LogP contribution is 2.04. The number of rotatable bonds is 2. The summed E-state index contributed by atoms with van der Waals surface area (Å²) in [4.78, 5) is 0. The Kier molecular flexibility index (Phi) is 5.35. The van der Waals surface area contributed by atoms with E-state index in [0.29, 0.717) is 0 Å². The summed E-state index contributed by atoms with van der Waals surface area (Å²) in [5, 5.41) is 7.00. The van der Waals surface area contributed by atoms with Gasteiger partial charge in [0.15, 0.2) is 0 Å². The third-order valence-corrected chi connectivity index (χ3v) is 1.50. The van der Waals surface area contributed by atoms with E-state index in [0.717, 1.165) is 18.1 Å². The molecule has 0 aliphatic heterocycles. The number of aliphatic hydroxyl groups is 1. The molecule has 1 N–H and O–H groups in total. The summed E-state index contributed by atoms with van der Waals surface area (Å²) in [7, 11) is 7.60. The third kappa shape index (κ3) is 6.31. The lowest BCUT2D eigenvalue weighted by molar-refractivity contribution is -0.884. The summed E-state index contributed by atoms with van der Waals surface area (Å²) in [6.45, 7) is 1.10. The van der Waals surface area contributed by atoms with Crippen LogP contribution in [-0.4, -0.2) is 37.8 Å². The Labute approximate surface area is 81.0 Å². The predicted molar refractivity (Wildman–Crippen MR) is 56.3 cm³/mol. The van der Waals surface area contributed by atoms with Gasteiger partial charge in [0.2, 0.25) is 0 Å². The van der Waals surface area contributed by atoms with E-state index in [1.54, 1.807) is 0 Å². The fraction of sp³-hybridized carbons (Fsp3) is 0.455. The highest BCUT2D eigenvalue weighted by Gasteiger charge is 2.06. The van der Waals surface area contributed by atoms with Gasteiger partial charge in [-0.25, -0.2) is 0 Å². The van der Waals surface area contributed by atoms with Gasteiger partial charge in [-0.1, -0.05) is 30.3 Å². The Morgan fingerprint density at radius 2 is 1.46 bits per heavy atom. The first kappa shape index (κ1) is 12.1. The zero-order valence-electron chi connectivity index (χ0n) is 8.99. The molecule has 0 bridgehead atoms. The molecule has 0 saturated heterocycles. The first-order chi connectivity index (χ1) is 6.08. The van der Waals surface area contributed by atoms with E-state index >= 15 is 0 Å². The molecule has 2 nitrogen and oxygen atoms in total. The molecular weight excluding hydrogens is 162 g/mol. The van der Waals surface area contributed by atoms with Crippen LogP contribution < -0.4 is 0 Å². The van der Waals surface area contributed by atoms with Gasteiger partial charge in [0.25, 0.3) is 0 Å². The number of quaternary nitrogens is 1. The van der Waals surface area contributed by atoms with Crippen LogP contribution in [0.5, 0.6) is 0 Å². The van der Waals surface area contributed by atoms with Gasteiger partial charge in [-0.15, -0.1) is 0 Å². The Morgan fingerprint density at radius 3 is 1.85 bits per heavy atom. The van der Waals surface area contributed by atoms with Crippen molar-refractivity contribution < 1.29 is 9.59 Å². The fourth-order valence-electron chi connectivity index (χ4n) is 1.13. The van der Waals surface area contributed by atoms with E-state index in [2.05, 4.69) is 51.5 Å². The maximum Gasteiger partial charge on any atom is 0.104 e. The molecule has 0 fully saturated rings. The number of hydrogen-bond acceptors (Lipinski definition) is 1. The van der Waals surface area contributed by atoms with Gasteiger partial charge >= 0.3 is 0 Å². The van der Waals surface area contributed by atoms with Crippen LogP contribution in [0.3, 0.4) is 0 Å². The monoisotopic (exact) mass is 182 g/mol. The van der Waals surface area contributed by atoms with Crippen molar-refractivity contribution in [2.75, 3.05) is 28.3 Å². The van der Waals surface area contributed by atoms with Crippen molar-refractivity contribution in [3.63, 3.8) is 0 Å². The predicted octanol–water partition coefficient (Wildman–Crippen LogP) is 1.50. The topological polar surface area (TPSA) is 20.2 Å². The van der Waals surface area contributed by atoms with Crippen molar-refractivity contribution in [1.29, 1.82) is 0 Å². The molecule has 1 rings (SSSR count). The van der Waals surface area contributed by atoms with Gasteiger partial charge in [-0.05, 0) is 0 Å². The van der Waals surface area contributed by atoms with Gasteiger partial charge in [-0.2, -0.15) is 0 Å². The Balaban J connectivity index is 0.000000671.